The average Bonchev–Trinajstić information content (AvgIpc) is 2.69. The Labute approximate surface area is 115 Å². The van der Waals surface area contributed by atoms with E-state index in [0.717, 1.165) is 11.0 Å². The van der Waals surface area contributed by atoms with Crippen LogP contribution in [0.25, 0.3) is 11.0 Å². The van der Waals surface area contributed by atoms with E-state index in [4.69, 9.17) is 12.2 Å². The van der Waals surface area contributed by atoms with Crippen LogP contribution in [0, 0.1) is 17.5 Å². The van der Waals surface area contributed by atoms with Crippen molar-refractivity contribution < 1.29 is 4.39 Å². The lowest BCUT2D eigenvalue weighted by Gasteiger charge is -2.07. The molecule has 3 rings (SSSR count). The molecule has 4 heteroatoms. The highest BCUT2D eigenvalue weighted by Crippen LogP contribution is 2.18. The molecule has 0 aliphatic carbocycles. The molecule has 0 saturated carbocycles. The quantitative estimate of drug-likeness (QED) is 0.694. The number of imidazole rings is 1. The van der Waals surface area contributed by atoms with Crippen LogP contribution in [-0.2, 0) is 6.54 Å². The summed E-state index contributed by atoms with van der Waals surface area (Å²) >= 11 is 5.32. The van der Waals surface area contributed by atoms with Gasteiger partial charge in [-0.05, 0) is 48.5 Å². The lowest BCUT2D eigenvalue weighted by molar-refractivity contribution is 0.628. The topological polar surface area (TPSA) is 20.7 Å². The highest BCUT2D eigenvalue weighted by molar-refractivity contribution is 7.71. The molecule has 2 nitrogen and oxygen atoms in total. The van der Waals surface area contributed by atoms with E-state index in [9.17, 15) is 4.39 Å². The lowest BCUT2D eigenvalue weighted by Crippen LogP contribution is -2.01. The number of aromatic nitrogens is 2. The van der Waals surface area contributed by atoms with Crippen LogP contribution in [0.15, 0.2) is 42.5 Å². The highest BCUT2D eigenvalue weighted by atomic mass is 32.1. The third-order valence-electron chi connectivity index (χ3n) is 3.33. The van der Waals surface area contributed by atoms with Crippen molar-refractivity contribution in [1.29, 1.82) is 0 Å². The van der Waals surface area contributed by atoms with E-state index >= 15 is 0 Å². The average molecular weight is 272 g/mol. The number of nitrogens with zero attached hydrogens (tertiary/aromatic N) is 1. The first-order valence-electron chi connectivity index (χ1n) is 6.08. The van der Waals surface area contributed by atoms with E-state index in [1.807, 2.05) is 16.7 Å². The monoisotopic (exact) mass is 272 g/mol. The van der Waals surface area contributed by atoms with Crippen LogP contribution in [-0.4, -0.2) is 9.55 Å². The Morgan fingerprint density at radius 3 is 2.79 bits per heavy atom. The number of halogens is 1. The maximum Gasteiger partial charge on any atom is 0.178 e. The Kier molecular flexibility index (Phi) is 2.95. The second-order valence-electron chi connectivity index (χ2n) is 4.60. The van der Waals surface area contributed by atoms with Crippen molar-refractivity contribution in [1.82, 2.24) is 9.55 Å². The van der Waals surface area contributed by atoms with Crippen molar-refractivity contribution in [3.05, 3.63) is 64.2 Å². The van der Waals surface area contributed by atoms with Gasteiger partial charge >= 0.3 is 0 Å². The van der Waals surface area contributed by atoms with Crippen LogP contribution >= 0.6 is 12.2 Å². The summed E-state index contributed by atoms with van der Waals surface area (Å²) in [5, 5.41) is 0. The predicted molar refractivity (Wildman–Crippen MR) is 77.4 cm³/mol. The van der Waals surface area contributed by atoms with Gasteiger partial charge in [-0.15, -0.1) is 0 Å². The van der Waals surface area contributed by atoms with Crippen molar-refractivity contribution in [2.45, 2.75) is 13.5 Å². The molecule has 0 radical (unpaired) electrons. The van der Waals surface area contributed by atoms with E-state index in [2.05, 4.69) is 24.0 Å². The van der Waals surface area contributed by atoms with E-state index in [0.29, 0.717) is 11.3 Å². The summed E-state index contributed by atoms with van der Waals surface area (Å²) in [4.78, 5) is 3.11. The molecule has 0 bridgehead atoms. The van der Waals surface area contributed by atoms with Crippen LogP contribution in [0.3, 0.4) is 0 Å². The number of hydrogen-bond acceptors (Lipinski definition) is 1. The highest BCUT2D eigenvalue weighted by Gasteiger charge is 2.07. The van der Waals surface area contributed by atoms with Crippen LogP contribution in [0.5, 0.6) is 0 Å². The Morgan fingerprint density at radius 1 is 1.21 bits per heavy atom. The fraction of sp³-hybridized carbons (Fsp3) is 0.133. The Bertz CT molecular complexity index is 801. The minimum absolute atomic E-state index is 0.250. The summed E-state index contributed by atoms with van der Waals surface area (Å²) in [5.74, 6) is -0.250. The number of fused-ring (bicyclic) bond motifs is 1. The molecule has 0 aliphatic heterocycles. The van der Waals surface area contributed by atoms with Gasteiger partial charge in [-0.25, -0.2) is 4.39 Å². The number of nitrogens with one attached hydrogen (secondary N) is 1. The van der Waals surface area contributed by atoms with Crippen molar-refractivity contribution in [3.63, 3.8) is 0 Å². The fourth-order valence-corrected chi connectivity index (χ4v) is 2.51. The molecule has 1 heterocycles. The fourth-order valence-electron chi connectivity index (χ4n) is 2.24. The van der Waals surface area contributed by atoms with Crippen LogP contribution < -0.4 is 0 Å². The molecule has 96 valence electrons. The molecule has 2 aromatic carbocycles. The van der Waals surface area contributed by atoms with Crippen LogP contribution in [0.2, 0.25) is 0 Å². The van der Waals surface area contributed by atoms with Crippen molar-refractivity contribution in [3.8, 4) is 0 Å². The van der Waals surface area contributed by atoms with Gasteiger partial charge in [0, 0.05) is 0 Å². The normalized spacial score (nSPS) is 11.1. The second kappa shape index (κ2) is 4.63. The van der Waals surface area contributed by atoms with Gasteiger partial charge < -0.3 is 9.55 Å². The van der Waals surface area contributed by atoms with Crippen LogP contribution in [0.1, 0.15) is 11.1 Å². The Hall–Kier alpha value is -1.94. The molecule has 1 N–H and O–H groups in total. The SMILES string of the molecule is Cc1ccccc1Cn1c(=S)[nH]c2ccc(F)cc21. The zero-order chi connectivity index (χ0) is 13.4. The molecular weight excluding hydrogens is 259 g/mol. The number of aromatic amines is 1. The third-order valence-corrected chi connectivity index (χ3v) is 3.65. The first-order chi connectivity index (χ1) is 9.15. The molecule has 0 amide bonds. The van der Waals surface area contributed by atoms with Gasteiger partial charge in [0.15, 0.2) is 4.77 Å². The summed E-state index contributed by atoms with van der Waals surface area (Å²) in [5.41, 5.74) is 4.05. The molecular formula is C15H13FN2S. The minimum Gasteiger partial charge on any atom is -0.331 e. The van der Waals surface area contributed by atoms with Gasteiger partial charge in [-0.3, -0.25) is 0 Å². The molecule has 0 atom stereocenters. The number of hydrogen-bond donors (Lipinski definition) is 1. The maximum atomic E-state index is 13.4. The van der Waals surface area contributed by atoms with Gasteiger partial charge in [0.05, 0.1) is 17.6 Å². The molecule has 1 aromatic heterocycles. The Morgan fingerprint density at radius 2 is 2.00 bits per heavy atom. The minimum atomic E-state index is -0.250. The van der Waals surface area contributed by atoms with E-state index in [-0.39, 0.29) is 5.82 Å². The first kappa shape index (κ1) is 12.1. The van der Waals surface area contributed by atoms with E-state index in [1.54, 1.807) is 6.07 Å². The van der Waals surface area contributed by atoms with E-state index < -0.39 is 0 Å². The molecule has 0 spiro atoms. The molecule has 0 fully saturated rings. The Balaban J connectivity index is 2.15. The maximum absolute atomic E-state index is 13.4. The van der Waals surface area contributed by atoms with Gasteiger partial charge in [0.1, 0.15) is 5.82 Å². The summed E-state index contributed by atoms with van der Waals surface area (Å²) in [6.45, 7) is 2.71. The van der Waals surface area contributed by atoms with E-state index in [1.165, 1.54) is 23.3 Å². The zero-order valence-corrected chi connectivity index (χ0v) is 11.3. The lowest BCUT2D eigenvalue weighted by atomic mass is 10.1. The number of benzene rings is 2. The largest absolute Gasteiger partial charge is 0.331 e. The number of aryl methyl sites for hydroxylation is 1. The van der Waals surface area contributed by atoms with Gasteiger partial charge in [-0.2, -0.15) is 0 Å². The first-order valence-corrected chi connectivity index (χ1v) is 6.48. The third kappa shape index (κ3) is 2.19. The van der Waals surface area contributed by atoms with Gasteiger partial charge in [-0.1, -0.05) is 24.3 Å². The zero-order valence-electron chi connectivity index (χ0n) is 10.5. The standard InChI is InChI=1S/C15H13FN2S/c1-10-4-2-3-5-11(10)9-18-14-8-12(16)6-7-13(14)17-15(18)19/h2-8H,9H2,1H3,(H,17,19). The van der Waals surface area contributed by atoms with Crippen molar-refractivity contribution in [2.75, 3.05) is 0 Å². The van der Waals surface area contributed by atoms with Crippen molar-refractivity contribution >= 4 is 23.3 Å². The van der Waals surface area contributed by atoms with Gasteiger partial charge in [0.2, 0.25) is 0 Å². The molecule has 19 heavy (non-hydrogen) atoms. The predicted octanol–water partition coefficient (Wildman–Crippen LogP) is 4.19. The molecule has 0 unspecified atom stereocenters. The summed E-state index contributed by atoms with van der Waals surface area (Å²) in [6.07, 6.45) is 0. The summed E-state index contributed by atoms with van der Waals surface area (Å²) in [7, 11) is 0. The smallest absolute Gasteiger partial charge is 0.178 e. The second-order valence-corrected chi connectivity index (χ2v) is 4.99. The summed E-state index contributed by atoms with van der Waals surface area (Å²) in [6, 6.07) is 12.8. The summed E-state index contributed by atoms with van der Waals surface area (Å²) < 4.78 is 15.9. The number of H-pyrrole nitrogens is 1. The number of rotatable bonds is 2. The molecule has 0 aliphatic rings. The molecule has 3 aromatic rings. The van der Waals surface area contributed by atoms with Crippen molar-refractivity contribution in [2.24, 2.45) is 0 Å². The van der Waals surface area contributed by atoms with Crippen LogP contribution in [0.4, 0.5) is 4.39 Å². The van der Waals surface area contributed by atoms with Gasteiger partial charge in [0.25, 0.3) is 0 Å². The molecule has 0 saturated heterocycles.